The zero-order valence-corrected chi connectivity index (χ0v) is 19.3. The molecule has 0 unspecified atom stereocenters. The van der Waals surface area contributed by atoms with Crippen LogP contribution >= 0.6 is 0 Å². The maximum absolute atomic E-state index is 13.3. The molecule has 3 aromatic rings. The minimum Gasteiger partial charge on any atom is -0.353 e. The van der Waals surface area contributed by atoms with E-state index >= 15 is 0 Å². The molecule has 34 heavy (non-hydrogen) atoms. The molecule has 2 heterocycles. The fourth-order valence-corrected chi connectivity index (χ4v) is 4.22. The van der Waals surface area contributed by atoms with Gasteiger partial charge in [0.15, 0.2) is 5.82 Å². The third-order valence-corrected chi connectivity index (χ3v) is 6.09. The first-order chi connectivity index (χ1) is 16.3. The predicted octanol–water partition coefficient (Wildman–Crippen LogP) is 5.12. The molecular formula is C26H27F3N4O. The van der Waals surface area contributed by atoms with E-state index in [1.54, 1.807) is 6.07 Å². The quantitative estimate of drug-likeness (QED) is 0.522. The van der Waals surface area contributed by atoms with Gasteiger partial charge in [0, 0.05) is 55.8 Å². The summed E-state index contributed by atoms with van der Waals surface area (Å²) < 4.78 is 39.8. The van der Waals surface area contributed by atoms with E-state index in [0.29, 0.717) is 49.8 Å². The standard InChI is InChI=1S/C26H27F3N4O/c1-3-23(34)32-12-14-33(15-13-32)25-22(17-19-8-7-11-21(16-19)26(27,28)29)18(2)30-24(31-25)20-9-5-4-6-10-20/h4-11,16H,3,12-15,17H2,1-2H3. The number of alkyl halides is 3. The number of anilines is 1. The van der Waals surface area contributed by atoms with Crippen molar-refractivity contribution in [3.8, 4) is 11.4 Å². The number of amides is 1. The highest BCUT2D eigenvalue weighted by Crippen LogP contribution is 2.32. The molecule has 1 aliphatic heterocycles. The lowest BCUT2D eigenvalue weighted by molar-refractivity contribution is -0.137. The zero-order valence-electron chi connectivity index (χ0n) is 19.3. The van der Waals surface area contributed by atoms with Crippen LogP contribution in [0.15, 0.2) is 54.6 Å². The van der Waals surface area contributed by atoms with Gasteiger partial charge in [-0.1, -0.05) is 55.5 Å². The van der Waals surface area contributed by atoms with Gasteiger partial charge in [0.1, 0.15) is 5.82 Å². The maximum atomic E-state index is 13.3. The first-order valence-corrected chi connectivity index (χ1v) is 11.4. The molecule has 0 aliphatic carbocycles. The van der Waals surface area contributed by atoms with Crippen molar-refractivity contribution in [2.24, 2.45) is 0 Å². The summed E-state index contributed by atoms with van der Waals surface area (Å²) in [6.45, 7) is 6.09. The molecule has 1 amide bonds. The van der Waals surface area contributed by atoms with Crippen molar-refractivity contribution in [1.82, 2.24) is 14.9 Å². The number of halogens is 3. The molecule has 1 aromatic heterocycles. The number of aryl methyl sites for hydroxylation is 1. The molecule has 0 bridgehead atoms. The summed E-state index contributed by atoms with van der Waals surface area (Å²) in [4.78, 5) is 25.6. The molecule has 0 N–H and O–H groups in total. The Hall–Kier alpha value is -3.42. The van der Waals surface area contributed by atoms with E-state index in [1.807, 2.05) is 49.1 Å². The van der Waals surface area contributed by atoms with E-state index in [9.17, 15) is 18.0 Å². The summed E-state index contributed by atoms with van der Waals surface area (Å²) >= 11 is 0. The minimum absolute atomic E-state index is 0.118. The number of carbonyl (C=O) groups is 1. The Morgan fingerprint density at radius 1 is 0.971 bits per heavy atom. The van der Waals surface area contributed by atoms with Crippen LogP contribution < -0.4 is 4.90 Å². The van der Waals surface area contributed by atoms with Gasteiger partial charge in [-0.3, -0.25) is 4.79 Å². The van der Waals surface area contributed by atoms with Crippen LogP contribution in [0.4, 0.5) is 19.0 Å². The molecule has 4 rings (SSSR count). The summed E-state index contributed by atoms with van der Waals surface area (Å²) in [7, 11) is 0. The smallest absolute Gasteiger partial charge is 0.353 e. The lowest BCUT2D eigenvalue weighted by Gasteiger charge is -2.36. The lowest BCUT2D eigenvalue weighted by Crippen LogP contribution is -2.49. The number of hydrogen-bond acceptors (Lipinski definition) is 4. The summed E-state index contributed by atoms with van der Waals surface area (Å²) in [5.41, 5.74) is 2.28. The number of hydrogen-bond donors (Lipinski definition) is 0. The van der Waals surface area contributed by atoms with Crippen molar-refractivity contribution >= 4 is 11.7 Å². The van der Waals surface area contributed by atoms with Gasteiger partial charge in [-0.15, -0.1) is 0 Å². The molecule has 5 nitrogen and oxygen atoms in total. The highest BCUT2D eigenvalue weighted by atomic mass is 19.4. The molecule has 1 saturated heterocycles. The molecule has 0 spiro atoms. The highest BCUT2D eigenvalue weighted by molar-refractivity contribution is 5.76. The first kappa shape index (κ1) is 23.7. The summed E-state index contributed by atoms with van der Waals surface area (Å²) in [5.74, 6) is 1.41. The van der Waals surface area contributed by atoms with Crippen LogP contribution in [0.1, 0.15) is 35.7 Å². The predicted molar refractivity (Wildman–Crippen MR) is 126 cm³/mol. The van der Waals surface area contributed by atoms with E-state index in [0.717, 1.165) is 22.9 Å². The van der Waals surface area contributed by atoms with E-state index in [2.05, 4.69) is 4.90 Å². The number of nitrogens with zero attached hydrogens (tertiary/aromatic N) is 4. The number of benzene rings is 2. The van der Waals surface area contributed by atoms with Gasteiger partial charge in [-0.2, -0.15) is 13.2 Å². The Bertz CT molecular complexity index is 1160. The topological polar surface area (TPSA) is 49.3 Å². The van der Waals surface area contributed by atoms with Crippen molar-refractivity contribution in [3.63, 3.8) is 0 Å². The second-order valence-electron chi connectivity index (χ2n) is 8.40. The zero-order chi connectivity index (χ0) is 24.3. The number of piperazine rings is 1. The summed E-state index contributed by atoms with van der Waals surface area (Å²) in [6, 6.07) is 15.0. The number of rotatable bonds is 5. The fourth-order valence-electron chi connectivity index (χ4n) is 4.22. The molecule has 178 valence electrons. The molecular weight excluding hydrogens is 441 g/mol. The van der Waals surface area contributed by atoms with Crippen LogP contribution in [0.2, 0.25) is 0 Å². The monoisotopic (exact) mass is 468 g/mol. The van der Waals surface area contributed by atoms with Crippen molar-refractivity contribution in [3.05, 3.63) is 77.0 Å². The highest BCUT2D eigenvalue weighted by Gasteiger charge is 2.31. The van der Waals surface area contributed by atoms with Gasteiger partial charge in [-0.05, 0) is 18.6 Å². The van der Waals surface area contributed by atoms with Crippen LogP contribution in [0.25, 0.3) is 11.4 Å². The van der Waals surface area contributed by atoms with Crippen LogP contribution in [-0.2, 0) is 17.4 Å². The Morgan fingerprint density at radius 3 is 2.32 bits per heavy atom. The average Bonchev–Trinajstić information content (AvgIpc) is 2.85. The number of aromatic nitrogens is 2. The van der Waals surface area contributed by atoms with E-state index in [-0.39, 0.29) is 12.3 Å². The van der Waals surface area contributed by atoms with Gasteiger partial charge >= 0.3 is 6.18 Å². The Morgan fingerprint density at radius 2 is 1.68 bits per heavy atom. The molecule has 0 radical (unpaired) electrons. The molecule has 0 atom stereocenters. The van der Waals surface area contributed by atoms with Gasteiger partial charge in [-0.25, -0.2) is 9.97 Å². The van der Waals surface area contributed by atoms with Crippen LogP contribution in [0.5, 0.6) is 0 Å². The van der Waals surface area contributed by atoms with Crippen molar-refractivity contribution in [2.75, 3.05) is 31.1 Å². The van der Waals surface area contributed by atoms with Gasteiger partial charge in [0.2, 0.25) is 5.91 Å². The van der Waals surface area contributed by atoms with Gasteiger partial charge in [0.05, 0.1) is 5.56 Å². The second-order valence-corrected chi connectivity index (χ2v) is 8.40. The van der Waals surface area contributed by atoms with E-state index < -0.39 is 11.7 Å². The summed E-state index contributed by atoms with van der Waals surface area (Å²) in [6.07, 6.45) is -3.65. The molecule has 1 fully saturated rings. The summed E-state index contributed by atoms with van der Waals surface area (Å²) in [5, 5.41) is 0. The normalized spacial score (nSPS) is 14.4. The van der Waals surface area contributed by atoms with Crippen LogP contribution in [0.3, 0.4) is 0 Å². The fraction of sp³-hybridized carbons (Fsp3) is 0.346. The van der Waals surface area contributed by atoms with E-state index in [1.165, 1.54) is 12.1 Å². The van der Waals surface area contributed by atoms with Crippen molar-refractivity contribution < 1.29 is 18.0 Å². The van der Waals surface area contributed by atoms with Crippen LogP contribution in [-0.4, -0.2) is 47.0 Å². The molecule has 0 saturated carbocycles. The molecule has 1 aliphatic rings. The third kappa shape index (κ3) is 5.21. The van der Waals surface area contributed by atoms with E-state index in [4.69, 9.17) is 9.97 Å². The maximum Gasteiger partial charge on any atom is 0.416 e. The third-order valence-electron chi connectivity index (χ3n) is 6.09. The van der Waals surface area contributed by atoms with Crippen molar-refractivity contribution in [1.29, 1.82) is 0 Å². The Labute approximate surface area is 197 Å². The van der Waals surface area contributed by atoms with Crippen LogP contribution in [0, 0.1) is 6.92 Å². The Balaban J connectivity index is 1.72. The van der Waals surface area contributed by atoms with Gasteiger partial charge in [0.25, 0.3) is 0 Å². The first-order valence-electron chi connectivity index (χ1n) is 11.4. The average molecular weight is 469 g/mol. The second kappa shape index (κ2) is 9.83. The van der Waals surface area contributed by atoms with Gasteiger partial charge < -0.3 is 9.80 Å². The number of carbonyl (C=O) groups excluding carboxylic acids is 1. The Kier molecular flexibility index (Phi) is 6.86. The largest absolute Gasteiger partial charge is 0.416 e. The molecule has 8 heteroatoms. The molecule has 2 aromatic carbocycles. The van der Waals surface area contributed by atoms with Crippen molar-refractivity contribution in [2.45, 2.75) is 32.9 Å². The lowest BCUT2D eigenvalue weighted by atomic mass is 10.0. The minimum atomic E-state index is -4.40. The SMILES string of the molecule is CCC(=O)N1CCN(c2nc(-c3ccccc3)nc(C)c2Cc2cccc(C(F)(F)F)c2)CC1.